The molecular weight excluding hydrogens is 226 g/mol. The van der Waals surface area contributed by atoms with Crippen LogP contribution in [0.15, 0.2) is 23.3 Å². The zero-order valence-corrected chi connectivity index (χ0v) is 9.54. The predicted molar refractivity (Wildman–Crippen MR) is 61.3 cm³/mol. The van der Waals surface area contributed by atoms with E-state index in [1.54, 1.807) is 25.3 Å². The lowest BCUT2D eigenvalue weighted by Crippen LogP contribution is -2.84. The second-order valence-electron chi connectivity index (χ2n) is 3.97. The summed E-state index contributed by atoms with van der Waals surface area (Å²) >= 11 is 0. The number of amidine groups is 1. The Morgan fingerprint density at radius 3 is 2.59 bits per heavy atom. The van der Waals surface area contributed by atoms with Gasteiger partial charge in [-0.3, -0.25) is 5.32 Å². The Kier molecular flexibility index (Phi) is 2.66. The molecule has 6 heteroatoms. The lowest BCUT2D eigenvalue weighted by atomic mass is 10.1. The molecule has 17 heavy (non-hydrogen) atoms. The van der Waals surface area contributed by atoms with Gasteiger partial charge in [0.25, 0.3) is 5.84 Å². The number of hydrogen-bond acceptors (Lipinski definition) is 3. The van der Waals surface area contributed by atoms with E-state index in [0.29, 0.717) is 17.2 Å². The molecule has 2 rings (SSSR count). The average molecular weight is 239 g/mol. The summed E-state index contributed by atoms with van der Waals surface area (Å²) < 4.78 is 26.1. The molecule has 2 heterocycles. The first-order valence-electron chi connectivity index (χ1n) is 5.13. The van der Waals surface area contributed by atoms with Gasteiger partial charge in [-0.05, 0) is 19.1 Å². The van der Waals surface area contributed by atoms with Crippen LogP contribution < -0.4 is 11.1 Å². The smallest absolute Gasteiger partial charge is 0.336 e. The second kappa shape index (κ2) is 3.89. The molecule has 0 fully saturated rings. The maximum Gasteiger partial charge on any atom is 0.336 e. The van der Waals surface area contributed by atoms with Crippen molar-refractivity contribution in [2.24, 2.45) is 4.99 Å². The fourth-order valence-electron chi connectivity index (χ4n) is 1.61. The van der Waals surface area contributed by atoms with Crippen molar-refractivity contribution in [3.8, 4) is 0 Å². The molecule has 1 aromatic rings. The first-order chi connectivity index (χ1) is 7.88. The highest BCUT2D eigenvalue weighted by Gasteiger charge is 2.36. The van der Waals surface area contributed by atoms with E-state index in [-0.39, 0.29) is 5.84 Å². The van der Waals surface area contributed by atoms with Crippen molar-refractivity contribution in [3.05, 3.63) is 29.6 Å². The summed E-state index contributed by atoms with van der Waals surface area (Å²) in [5.41, 5.74) is 7.41. The molecule has 4 N–H and O–H groups in total. The van der Waals surface area contributed by atoms with Crippen molar-refractivity contribution >= 4 is 17.4 Å². The summed E-state index contributed by atoms with van der Waals surface area (Å²) in [4.78, 5) is 7.98. The zero-order valence-electron chi connectivity index (χ0n) is 9.54. The molecule has 1 aliphatic rings. The number of rotatable bonds is 2. The SMILES string of the molecule is Cc1nc(N)ccc1C1=C[NH2+]C(C(C)(F)F)=N1. The minimum atomic E-state index is -2.92. The minimum absolute atomic E-state index is 0.233. The largest absolute Gasteiger partial charge is 0.384 e. The fraction of sp³-hybridized carbons (Fsp3) is 0.273. The van der Waals surface area contributed by atoms with Crippen LogP contribution in [-0.2, 0) is 0 Å². The van der Waals surface area contributed by atoms with E-state index >= 15 is 0 Å². The van der Waals surface area contributed by atoms with Crippen molar-refractivity contribution < 1.29 is 14.1 Å². The molecule has 0 amide bonds. The van der Waals surface area contributed by atoms with Gasteiger partial charge in [0.15, 0.2) is 0 Å². The molecule has 0 saturated carbocycles. The molecule has 4 nitrogen and oxygen atoms in total. The van der Waals surface area contributed by atoms with E-state index in [1.165, 1.54) is 5.32 Å². The van der Waals surface area contributed by atoms with Gasteiger partial charge >= 0.3 is 5.92 Å². The maximum absolute atomic E-state index is 13.1. The molecule has 90 valence electrons. The molecule has 0 aromatic carbocycles. The van der Waals surface area contributed by atoms with Gasteiger partial charge in [0.2, 0.25) is 0 Å². The number of hydrogen-bond donors (Lipinski definition) is 2. The number of nitrogen functional groups attached to an aromatic ring is 1. The number of halogens is 2. The summed E-state index contributed by atoms with van der Waals surface area (Å²) in [6, 6.07) is 3.36. The molecule has 1 aliphatic heterocycles. The third kappa shape index (κ3) is 2.31. The Balaban J connectivity index is 2.34. The van der Waals surface area contributed by atoms with Gasteiger partial charge in [-0.1, -0.05) is 0 Å². The number of pyridine rings is 1. The third-order valence-electron chi connectivity index (χ3n) is 2.47. The van der Waals surface area contributed by atoms with Crippen LogP contribution in [-0.4, -0.2) is 16.7 Å². The van der Waals surface area contributed by atoms with E-state index in [2.05, 4.69) is 9.98 Å². The molecule has 0 unspecified atom stereocenters. The highest BCUT2D eigenvalue weighted by molar-refractivity contribution is 5.89. The van der Waals surface area contributed by atoms with E-state index in [9.17, 15) is 8.78 Å². The number of alkyl halides is 2. The van der Waals surface area contributed by atoms with Crippen LogP contribution in [0.4, 0.5) is 14.6 Å². The molecule has 0 bridgehead atoms. The van der Waals surface area contributed by atoms with Gasteiger partial charge in [0, 0.05) is 18.2 Å². The molecule has 0 spiro atoms. The standard InChI is InChI=1S/C11H12F2N4/c1-6-7(3-4-9(14)16-6)8-5-15-10(17-8)11(2,12)13/h3-5H,1-2H3,(H2,14,16)(H,15,17)/p+1. The summed E-state index contributed by atoms with van der Waals surface area (Å²) in [5, 5.41) is 1.32. The van der Waals surface area contributed by atoms with Crippen LogP contribution in [0.2, 0.25) is 0 Å². The van der Waals surface area contributed by atoms with E-state index < -0.39 is 5.92 Å². The molecule has 0 radical (unpaired) electrons. The monoisotopic (exact) mass is 239 g/mol. The average Bonchev–Trinajstić information content (AvgIpc) is 2.65. The number of aromatic nitrogens is 1. The quantitative estimate of drug-likeness (QED) is 0.805. The number of nitrogens with zero attached hydrogens (tertiary/aromatic N) is 2. The predicted octanol–water partition coefficient (Wildman–Crippen LogP) is 0.901. The Labute approximate surface area is 97.3 Å². The molecule has 1 aromatic heterocycles. The van der Waals surface area contributed by atoms with Gasteiger partial charge in [-0.15, -0.1) is 0 Å². The van der Waals surface area contributed by atoms with Crippen molar-refractivity contribution in [1.82, 2.24) is 4.98 Å². The molecular formula is C11H13F2N4+. The molecule has 0 saturated heterocycles. The van der Waals surface area contributed by atoms with E-state index in [4.69, 9.17) is 5.73 Å². The van der Waals surface area contributed by atoms with Crippen molar-refractivity contribution in [3.63, 3.8) is 0 Å². The second-order valence-corrected chi connectivity index (χ2v) is 3.97. The maximum atomic E-state index is 13.1. The van der Waals surface area contributed by atoms with Crippen LogP contribution in [0.5, 0.6) is 0 Å². The number of anilines is 1. The van der Waals surface area contributed by atoms with Gasteiger partial charge in [0.05, 0.1) is 0 Å². The number of aliphatic imine (C=N–C) groups is 1. The van der Waals surface area contributed by atoms with Crippen LogP contribution in [0.3, 0.4) is 0 Å². The Morgan fingerprint density at radius 1 is 1.35 bits per heavy atom. The lowest BCUT2D eigenvalue weighted by molar-refractivity contribution is -0.469. The lowest BCUT2D eigenvalue weighted by Gasteiger charge is -2.05. The topological polar surface area (TPSA) is 67.9 Å². The summed E-state index contributed by atoms with van der Waals surface area (Å²) in [6.07, 6.45) is 1.56. The number of nitrogens with two attached hydrogens (primary N) is 2. The molecule has 0 aliphatic carbocycles. The van der Waals surface area contributed by atoms with E-state index in [0.717, 1.165) is 12.5 Å². The minimum Gasteiger partial charge on any atom is -0.384 e. The first-order valence-corrected chi connectivity index (χ1v) is 5.13. The molecule has 0 atom stereocenters. The van der Waals surface area contributed by atoms with Crippen molar-refractivity contribution in [2.45, 2.75) is 19.8 Å². The van der Waals surface area contributed by atoms with Crippen LogP contribution >= 0.6 is 0 Å². The summed E-state index contributed by atoms with van der Waals surface area (Å²) in [5.74, 6) is -2.75. The zero-order chi connectivity index (χ0) is 12.6. The highest BCUT2D eigenvalue weighted by Crippen LogP contribution is 2.23. The first kappa shape index (κ1) is 11.7. The summed E-state index contributed by atoms with van der Waals surface area (Å²) in [7, 11) is 0. The van der Waals surface area contributed by atoms with Crippen LogP contribution in [0.25, 0.3) is 5.70 Å². The van der Waals surface area contributed by atoms with Crippen molar-refractivity contribution in [1.29, 1.82) is 0 Å². The third-order valence-corrected chi connectivity index (χ3v) is 2.47. The highest BCUT2D eigenvalue weighted by atomic mass is 19.3. The van der Waals surface area contributed by atoms with Crippen LogP contribution in [0.1, 0.15) is 18.2 Å². The Hall–Kier alpha value is -1.82. The van der Waals surface area contributed by atoms with Crippen molar-refractivity contribution in [2.75, 3.05) is 5.73 Å². The summed E-state index contributed by atoms with van der Waals surface area (Å²) in [6.45, 7) is 2.59. The van der Waals surface area contributed by atoms with Gasteiger partial charge in [-0.2, -0.15) is 13.8 Å². The van der Waals surface area contributed by atoms with Gasteiger partial charge < -0.3 is 5.73 Å². The Morgan fingerprint density at radius 2 is 2.06 bits per heavy atom. The number of aryl methyl sites for hydroxylation is 1. The number of quaternary nitrogens is 1. The normalized spacial score (nSPS) is 15.8. The van der Waals surface area contributed by atoms with E-state index in [1.807, 2.05) is 0 Å². The van der Waals surface area contributed by atoms with Gasteiger partial charge in [-0.25, -0.2) is 4.98 Å². The fourth-order valence-corrected chi connectivity index (χ4v) is 1.61. The Bertz CT molecular complexity index is 515. The van der Waals surface area contributed by atoms with Gasteiger partial charge in [0.1, 0.15) is 17.7 Å². The van der Waals surface area contributed by atoms with Crippen LogP contribution in [0, 0.1) is 6.92 Å².